The minimum atomic E-state index is -3.50. The van der Waals surface area contributed by atoms with Gasteiger partial charge in [-0.3, -0.25) is 4.79 Å². The monoisotopic (exact) mass is 340 g/mol. The molecule has 0 aromatic heterocycles. The molecule has 2 unspecified atom stereocenters. The summed E-state index contributed by atoms with van der Waals surface area (Å²) in [6.45, 7) is 3.35. The van der Waals surface area contributed by atoms with E-state index in [4.69, 9.17) is 4.74 Å². The summed E-state index contributed by atoms with van der Waals surface area (Å²) in [5, 5.41) is 6.14. The number of benzene rings is 1. The Bertz CT molecular complexity index is 622. The van der Waals surface area contributed by atoms with Gasteiger partial charge < -0.3 is 15.4 Å². The number of hydrogen-bond acceptors (Lipinski definition) is 5. The number of carbonyl (C=O) groups is 1. The van der Waals surface area contributed by atoms with Gasteiger partial charge in [0.25, 0.3) is 0 Å². The predicted octanol–water partition coefficient (Wildman–Crippen LogP) is 0.973. The lowest BCUT2D eigenvalue weighted by Crippen LogP contribution is -2.47. The van der Waals surface area contributed by atoms with Gasteiger partial charge in [0.2, 0.25) is 5.91 Å². The van der Waals surface area contributed by atoms with Crippen LogP contribution in [0.5, 0.6) is 5.75 Å². The molecule has 2 rings (SSSR count). The van der Waals surface area contributed by atoms with E-state index in [0.717, 1.165) is 25.9 Å². The maximum absolute atomic E-state index is 12.4. The molecular formula is C16H24N2O4S. The molecule has 0 radical (unpaired) electrons. The molecule has 1 aliphatic heterocycles. The third-order valence-corrected chi connectivity index (χ3v) is 5.91. The first-order chi connectivity index (χ1) is 10.9. The summed E-state index contributed by atoms with van der Waals surface area (Å²) in [5.41, 5.74) is 0. The highest BCUT2D eigenvalue weighted by atomic mass is 32.2. The minimum absolute atomic E-state index is 0.0855. The van der Waals surface area contributed by atoms with Crippen LogP contribution in [0.1, 0.15) is 19.8 Å². The number of carbonyl (C=O) groups excluding carboxylic acids is 1. The van der Waals surface area contributed by atoms with E-state index < -0.39 is 15.8 Å². The Morgan fingerprint density at radius 1 is 1.39 bits per heavy atom. The van der Waals surface area contributed by atoms with Crippen molar-refractivity contribution >= 4 is 15.7 Å². The zero-order valence-electron chi connectivity index (χ0n) is 13.5. The largest absolute Gasteiger partial charge is 0.497 e. The van der Waals surface area contributed by atoms with Crippen molar-refractivity contribution in [3.8, 4) is 5.75 Å². The van der Waals surface area contributed by atoms with Crippen molar-refractivity contribution in [2.45, 2.75) is 30.7 Å². The van der Waals surface area contributed by atoms with Gasteiger partial charge in [0.05, 0.1) is 17.8 Å². The molecule has 1 aromatic rings. The van der Waals surface area contributed by atoms with Crippen LogP contribution >= 0.6 is 0 Å². The zero-order chi connectivity index (χ0) is 16.9. The Balaban J connectivity index is 1.96. The molecule has 6 nitrogen and oxygen atoms in total. The Hall–Kier alpha value is -1.60. The fourth-order valence-corrected chi connectivity index (χ4v) is 4.16. The lowest BCUT2D eigenvalue weighted by molar-refractivity contribution is -0.124. The molecule has 1 amide bonds. The second kappa shape index (κ2) is 7.79. The Kier molecular flexibility index (Phi) is 6.01. The molecule has 1 saturated heterocycles. The molecule has 2 atom stereocenters. The van der Waals surface area contributed by atoms with Gasteiger partial charge in [-0.15, -0.1) is 0 Å². The van der Waals surface area contributed by atoms with Crippen LogP contribution in [-0.2, 0) is 14.6 Å². The fraction of sp³-hybridized carbons (Fsp3) is 0.562. The molecule has 0 aliphatic carbocycles. The van der Waals surface area contributed by atoms with Crippen molar-refractivity contribution in [1.29, 1.82) is 0 Å². The first kappa shape index (κ1) is 17.7. The fourth-order valence-electron chi connectivity index (χ4n) is 2.60. The number of ether oxygens (including phenoxy) is 1. The van der Waals surface area contributed by atoms with Crippen LogP contribution in [0.2, 0.25) is 0 Å². The lowest BCUT2D eigenvalue weighted by Gasteiger charge is -2.25. The summed E-state index contributed by atoms with van der Waals surface area (Å²) >= 11 is 0. The first-order valence-electron chi connectivity index (χ1n) is 7.80. The highest BCUT2D eigenvalue weighted by molar-refractivity contribution is 7.91. The highest BCUT2D eigenvalue weighted by Crippen LogP contribution is 2.18. The summed E-state index contributed by atoms with van der Waals surface area (Å²) in [6, 6.07) is 6.30. The smallest absolute Gasteiger partial charge is 0.224 e. The van der Waals surface area contributed by atoms with Crippen molar-refractivity contribution in [3.63, 3.8) is 0 Å². The summed E-state index contributed by atoms with van der Waals surface area (Å²) in [6.07, 6.45) is 1.94. The summed E-state index contributed by atoms with van der Waals surface area (Å²) < 4.78 is 29.8. The topological polar surface area (TPSA) is 84.5 Å². The van der Waals surface area contributed by atoms with Crippen LogP contribution < -0.4 is 15.4 Å². The highest BCUT2D eigenvalue weighted by Gasteiger charge is 2.25. The van der Waals surface area contributed by atoms with Crippen molar-refractivity contribution < 1.29 is 17.9 Å². The van der Waals surface area contributed by atoms with E-state index in [2.05, 4.69) is 10.6 Å². The van der Waals surface area contributed by atoms with E-state index in [9.17, 15) is 13.2 Å². The molecule has 0 saturated carbocycles. The molecule has 1 fully saturated rings. The van der Waals surface area contributed by atoms with Crippen molar-refractivity contribution in [3.05, 3.63) is 24.3 Å². The van der Waals surface area contributed by atoms with E-state index in [1.54, 1.807) is 19.1 Å². The number of nitrogens with one attached hydrogen (secondary N) is 2. The standard InChI is InChI=1S/C16H24N2O4S/c1-12(16(19)18-13-4-3-9-17-10-13)11-23(20,21)15-7-5-14(22-2)6-8-15/h5-8,12-13,17H,3-4,9-11H2,1-2H3,(H,18,19). The van der Waals surface area contributed by atoms with Gasteiger partial charge in [-0.05, 0) is 43.7 Å². The van der Waals surface area contributed by atoms with Gasteiger partial charge in [0.1, 0.15) is 5.75 Å². The lowest BCUT2D eigenvalue weighted by atomic mass is 10.1. The average molecular weight is 340 g/mol. The number of piperidine rings is 1. The first-order valence-corrected chi connectivity index (χ1v) is 9.45. The molecule has 0 spiro atoms. The third-order valence-electron chi connectivity index (χ3n) is 3.98. The zero-order valence-corrected chi connectivity index (χ0v) is 14.4. The SMILES string of the molecule is COc1ccc(S(=O)(=O)CC(C)C(=O)NC2CCCNC2)cc1. The quantitative estimate of drug-likeness (QED) is 0.806. The Labute approximate surface area is 137 Å². The van der Waals surface area contributed by atoms with Crippen LogP contribution in [0.3, 0.4) is 0 Å². The van der Waals surface area contributed by atoms with Crippen LogP contribution in [-0.4, -0.2) is 46.3 Å². The molecule has 7 heteroatoms. The number of amides is 1. The van der Waals surface area contributed by atoms with Crippen molar-refractivity contribution in [1.82, 2.24) is 10.6 Å². The second-order valence-electron chi connectivity index (χ2n) is 5.91. The molecule has 1 aliphatic rings. The molecule has 2 N–H and O–H groups in total. The summed E-state index contributed by atoms with van der Waals surface area (Å²) in [5.74, 6) is -0.412. The van der Waals surface area contributed by atoms with Crippen LogP contribution in [0.4, 0.5) is 0 Å². The van der Waals surface area contributed by atoms with Gasteiger partial charge >= 0.3 is 0 Å². The van der Waals surface area contributed by atoms with Crippen molar-refractivity contribution in [2.24, 2.45) is 5.92 Å². The maximum Gasteiger partial charge on any atom is 0.224 e. The summed E-state index contributed by atoms with van der Waals surface area (Å²) in [7, 11) is -1.98. The molecule has 0 bridgehead atoms. The van der Waals surface area contributed by atoms with Gasteiger partial charge in [0.15, 0.2) is 9.84 Å². The Morgan fingerprint density at radius 2 is 2.09 bits per heavy atom. The van der Waals surface area contributed by atoms with Gasteiger partial charge in [0, 0.05) is 18.5 Å². The van der Waals surface area contributed by atoms with Crippen LogP contribution in [0, 0.1) is 5.92 Å². The molecule has 23 heavy (non-hydrogen) atoms. The van der Waals surface area contributed by atoms with E-state index in [-0.39, 0.29) is 22.6 Å². The average Bonchev–Trinajstić information content (AvgIpc) is 2.55. The van der Waals surface area contributed by atoms with E-state index in [1.807, 2.05) is 0 Å². The van der Waals surface area contributed by atoms with E-state index >= 15 is 0 Å². The third kappa shape index (κ3) is 4.94. The minimum Gasteiger partial charge on any atom is -0.497 e. The molecular weight excluding hydrogens is 316 g/mol. The molecule has 128 valence electrons. The normalized spacial score (nSPS) is 19.8. The second-order valence-corrected chi connectivity index (χ2v) is 7.94. The van der Waals surface area contributed by atoms with Gasteiger partial charge in [-0.2, -0.15) is 0 Å². The summed E-state index contributed by atoms with van der Waals surface area (Å²) in [4.78, 5) is 12.4. The van der Waals surface area contributed by atoms with Crippen LogP contribution in [0.25, 0.3) is 0 Å². The number of rotatable bonds is 6. The Morgan fingerprint density at radius 3 is 2.65 bits per heavy atom. The number of hydrogen-bond donors (Lipinski definition) is 2. The van der Waals surface area contributed by atoms with Gasteiger partial charge in [-0.25, -0.2) is 8.42 Å². The molecule has 1 heterocycles. The van der Waals surface area contributed by atoms with Crippen molar-refractivity contribution in [2.75, 3.05) is 26.0 Å². The van der Waals surface area contributed by atoms with E-state index in [1.165, 1.54) is 19.2 Å². The van der Waals surface area contributed by atoms with Crippen LogP contribution in [0.15, 0.2) is 29.2 Å². The number of methoxy groups -OCH3 is 1. The van der Waals surface area contributed by atoms with Gasteiger partial charge in [-0.1, -0.05) is 6.92 Å². The maximum atomic E-state index is 12.4. The van der Waals surface area contributed by atoms with E-state index in [0.29, 0.717) is 5.75 Å². The predicted molar refractivity (Wildman–Crippen MR) is 88.2 cm³/mol. The molecule has 1 aromatic carbocycles. The number of sulfone groups is 1.